The minimum atomic E-state index is -2.81. The Morgan fingerprint density at radius 1 is 1.50 bits per heavy atom. The van der Waals surface area contributed by atoms with Gasteiger partial charge in [0.25, 0.3) is 0 Å². The van der Waals surface area contributed by atoms with Crippen molar-refractivity contribution in [2.45, 2.75) is 26.2 Å². The third kappa shape index (κ3) is 5.42. The van der Waals surface area contributed by atoms with Gasteiger partial charge in [0, 0.05) is 13.3 Å². The maximum atomic E-state index is 11.7. The Morgan fingerprint density at radius 2 is 2.00 bits per heavy atom. The molecule has 0 unspecified atom stereocenters. The molecule has 0 aromatic rings. The second-order valence-corrected chi connectivity index (χ2v) is 1.54. The van der Waals surface area contributed by atoms with Crippen molar-refractivity contribution in [3.63, 3.8) is 0 Å². The van der Waals surface area contributed by atoms with Gasteiger partial charge in [0.15, 0.2) is 0 Å². The largest absolute Gasteiger partial charge is 0.305 e. The Morgan fingerprint density at radius 3 is 2.12 bits per heavy atom. The molecule has 0 nitrogen and oxygen atoms in total. The molecule has 0 spiro atoms. The first-order valence-corrected chi connectivity index (χ1v) is 2.44. The Labute approximate surface area is 47.9 Å². The van der Waals surface area contributed by atoms with E-state index in [2.05, 4.69) is 5.92 Å². The zero-order valence-electron chi connectivity index (χ0n) is 4.96. The molecule has 0 aliphatic heterocycles. The molecule has 46 valence electrons. The summed E-state index contributed by atoms with van der Waals surface area (Å²) in [7, 11) is 0. The Bertz CT molecular complexity index is 111. The van der Waals surface area contributed by atoms with Crippen LogP contribution in [0, 0.1) is 11.8 Å². The number of hydrogen-bond acceptors (Lipinski definition) is 0. The van der Waals surface area contributed by atoms with Gasteiger partial charge in [-0.2, -0.15) is 8.78 Å². The molecule has 0 fully saturated rings. The van der Waals surface area contributed by atoms with E-state index in [0.717, 1.165) is 6.92 Å². The summed E-state index contributed by atoms with van der Waals surface area (Å²) >= 11 is 0. The lowest BCUT2D eigenvalue weighted by Gasteiger charge is -1.95. The quantitative estimate of drug-likeness (QED) is 0.427. The molecular weight excluding hydrogens is 110 g/mol. The van der Waals surface area contributed by atoms with Crippen LogP contribution >= 0.6 is 0 Å². The molecule has 0 atom stereocenters. The summed E-state index contributed by atoms with van der Waals surface area (Å²) in [5, 5.41) is 0. The zero-order chi connectivity index (χ0) is 6.62. The molecule has 0 rings (SSSR count). The van der Waals surface area contributed by atoms with E-state index in [4.69, 9.17) is 0 Å². The van der Waals surface area contributed by atoms with E-state index >= 15 is 0 Å². The highest BCUT2D eigenvalue weighted by Crippen LogP contribution is 2.07. The van der Waals surface area contributed by atoms with Gasteiger partial charge in [0.2, 0.25) is 0 Å². The van der Waals surface area contributed by atoms with Gasteiger partial charge in [-0.15, -0.1) is 0 Å². The van der Waals surface area contributed by atoms with Crippen LogP contribution in [0.1, 0.15) is 20.3 Å². The molecule has 0 heterocycles. The summed E-state index contributed by atoms with van der Waals surface area (Å²) in [6.07, 6.45) is 0.490. The van der Waals surface area contributed by atoms with Crippen molar-refractivity contribution >= 4 is 0 Å². The molecule has 0 aliphatic carbocycles. The number of rotatable bonds is 0. The minimum Gasteiger partial charge on any atom is -0.192 e. The second-order valence-electron chi connectivity index (χ2n) is 1.54. The van der Waals surface area contributed by atoms with E-state index in [1.54, 1.807) is 12.8 Å². The van der Waals surface area contributed by atoms with Crippen LogP contribution in [0.3, 0.4) is 0 Å². The normalized spacial score (nSPS) is 10.0. The molecule has 0 radical (unpaired) electrons. The van der Waals surface area contributed by atoms with Gasteiger partial charge >= 0.3 is 5.92 Å². The van der Waals surface area contributed by atoms with Crippen LogP contribution in [0.15, 0.2) is 0 Å². The molecular formula is C6H8F2. The Hall–Kier alpha value is -0.580. The van der Waals surface area contributed by atoms with E-state index in [0.29, 0.717) is 6.42 Å². The predicted octanol–water partition coefficient (Wildman–Crippen LogP) is 2.06. The van der Waals surface area contributed by atoms with Crippen LogP contribution in [-0.2, 0) is 0 Å². The third-order valence-corrected chi connectivity index (χ3v) is 0.485. The van der Waals surface area contributed by atoms with Crippen molar-refractivity contribution in [3.05, 3.63) is 0 Å². The summed E-state index contributed by atoms with van der Waals surface area (Å²) < 4.78 is 23.5. The highest BCUT2D eigenvalue weighted by Gasteiger charge is 2.14. The molecule has 0 aliphatic rings. The SMILES string of the molecule is CCC#CC(C)(F)F. The van der Waals surface area contributed by atoms with E-state index in [9.17, 15) is 8.78 Å². The molecule has 2 heteroatoms. The lowest BCUT2D eigenvalue weighted by Crippen LogP contribution is -2.03. The smallest absolute Gasteiger partial charge is 0.192 e. The summed E-state index contributed by atoms with van der Waals surface area (Å²) in [5.41, 5.74) is 0. The number of alkyl halides is 2. The molecule has 0 aromatic heterocycles. The van der Waals surface area contributed by atoms with Crippen molar-refractivity contribution in [1.82, 2.24) is 0 Å². The van der Waals surface area contributed by atoms with Crippen LogP contribution in [0.5, 0.6) is 0 Å². The minimum absolute atomic E-state index is 0.490. The van der Waals surface area contributed by atoms with Gasteiger partial charge < -0.3 is 0 Å². The maximum Gasteiger partial charge on any atom is 0.305 e. The second kappa shape index (κ2) is 2.66. The predicted molar refractivity (Wildman–Crippen MR) is 28.7 cm³/mol. The van der Waals surface area contributed by atoms with E-state index in [1.807, 2.05) is 0 Å². The molecule has 8 heavy (non-hydrogen) atoms. The zero-order valence-corrected chi connectivity index (χ0v) is 4.96. The van der Waals surface area contributed by atoms with Crippen molar-refractivity contribution in [3.8, 4) is 11.8 Å². The first kappa shape index (κ1) is 7.42. The van der Waals surface area contributed by atoms with Gasteiger partial charge in [-0.3, -0.25) is 0 Å². The first-order valence-electron chi connectivity index (χ1n) is 2.44. The van der Waals surface area contributed by atoms with Gasteiger partial charge in [-0.25, -0.2) is 0 Å². The van der Waals surface area contributed by atoms with Crippen molar-refractivity contribution < 1.29 is 8.78 Å². The van der Waals surface area contributed by atoms with E-state index < -0.39 is 5.92 Å². The molecule has 0 amide bonds. The van der Waals surface area contributed by atoms with Crippen LogP contribution in [-0.4, -0.2) is 5.92 Å². The van der Waals surface area contributed by atoms with Crippen molar-refractivity contribution in [1.29, 1.82) is 0 Å². The summed E-state index contributed by atoms with van der Waals surface area (Å²) in [5.74, 6) is 1.27. The lowest BCUT2D eigenvalue weighted by molar-refractivity contribution is 0.0888. The van der Waals surface area contributed by atoms with Crippen LogP contribution < -0.4 is 0 Å². The highest BCUT2D eigenvalue weighted by molar-refractivity contribution is 5.06. The molecule has 0 bridgehead atoms. The number of halogens is 2. The fourth-order valence-electron chi connectivity index (χ4n) is 0.244. The Balaban J connectivity index is 3.69. The van der Waals surface area contributed by atoms with Gasteiger partial charge in [-0.1, -0.05) is 12.8 Å². The molecule has 0 aromatic carbocycles. The Kier molecular flexibility index (Phi) is 2.47. The number of hydrogen-bond donors (Lipinski definition) is 0. The van der Waals surface area contributed by atoms with Gasteiger partial charge in [0.05, 0.1) is 0 Å². The van der Waals surface area contributed by atoms with Crippen molar-refractivity contribution in [2.75, 3.05) is 0 Å². The van der Waals surface area contributed by atoms with E-state index in [1.165, 1.54) is 0 Å². The highest BCUT2D eigenvalue weighted by atomic mass is 19.3. The van der Waals surface area contributed by atoms with Crippen LogP contribution in [0.25, 0.3) is 0 Å². The lowest BCUT2D eigenvalue weighted by atomic mass is 10.3. The third-order valence-electron chi connectivity index (χ3n) is 0.485. The van der Waals surface area contributed by atoms with Crippen molar-refractivity contribution in [2.24, 2.45) is 0 Å². The van der Waals surface area contributed by atoms with E-state index in [-0.39, 0.29) is 0 Å². The first-order chi connectivity index (χ1) is 3.56. The van der Waals surface area contributed by atoms with Crippen LogP contribution in [0.4, 0.5) is 8.78 Å². The fourth-order valence-corrected chi connectivity index (χ4v) is 0.244. The van der Waals surface area contributed by atoms with Crippen LogP contribution in [0.2, 0.25) is 0 Å². The monoisotopic (exact) mass is 118 g/mol. The standard InChI is InChI=1S/C6H8F2/c1-3-4-5-6(2,7)8/h3H2,1-2H3. The summed E-state index contributed by atoms with van der Waals surface area (Å²) in [6.45, 7) is 2.52. The maximum absolute atomic E-state index is 11.7. The molecule has 0 saturated heterocycles. The average Bonchev–Trinajstić information content (AvgIpc) is 1.59. The molecule has 0 N–H and O–H groups in total. The topological polar surface area (TPSA) is 0 Å². The summed E-state index contributed by atoms with van der Waals surface area (Å²) in [6, 6.07) is 0. The fraction of sp³-hybridized carbons (Fsp3) is 0.667. The average molecular weight is 118 g/mol. The van der Waals surface area contributed by atoms with Gasteiger partial charge in [-0.05, 0) is 5.92 Å². The van der Waals surface area contributed by atoms with Gasteiger partial charge in [0.1, 0.15) is 0 Å². The molecule has 0 saturated carbocycles. The summed E-state index contributed by atoms with van der Waals surface area (Å²) in [4.78, 5) is 0.